The minimum Gasteiger partial charge on any atom is -0.385 e. The molecule has 0 bridgehead atoms. The number of aromatic nitrogens is 2. The molecule has 1 aromatic heterocycles. The van der Waals surface area contributed by atoms with Crippen LogP contribution in [0, 0.1) is 0 Å². The Balaban J connectivity index is 2.05. The predicted octanol–water partition coefficient (Wildman–Crippen LogP) is 0.198. The Bertz CT molecular complexity index is 428. The van der Waals surface area contributed by atoms with Gasteiger partial charge in [0.25, 0.3) is 0 Å². The molecule has 1 fully saturated rings. The fourth-order valence-corrected chi connectivity index (χ4v) is 1.99. The van der Waals surface area contributed by atoms with Gasteiger partial charge in [0, 0.05) is 39.3 Å². The van der Waals surface area contributed by atoms with Gasteiger partial charge in [0.2, 0.25) is 5.91 Å². The lowest BCUT2D eigenvalue weighted by Crippen LogP contribution is -2.48. The second-order valence-electron chi connectivity index (χ2n) is 4.44. The van der Waals surface area contributed by atoms with Gasteiger partial charge >= 0.3 is 0 Å². The van der Waals surface area contributed by atoms with Gasteiger partial charge in [-0.05, 0) is 13.0 Å². The summed E-state index contributed by atoms with van der Waals surface area (Å²) in [5.74, 6) is 1.35. The summed E-state index contributed by atoms with van der Waals surface area (Å²) in [6, 6.07) is 1.83. The van der Waals surface area contributed by atoms with E-state index in [4.69, 9.17) is 0 Å². The second kappa shape index (κ2) is 5.30. The zero-order valence-corrected chi connectivity index (χ0v) is 10.7. The van der Waals surface area contributed by atoms with Gasteiger partial charge in [0.1, 0.15) is 11.9 Å². The van der Waals surface area contributed by atoms with E-state index in [0.29, 0.717) is 18.9 Å². The normalized spacial score (nSPS) is 17.7. The number of aliphatic hydroxyl groups is 1. The summed E-state index contributed by atoms with van der Waals surface area (Å²) < 4.78 is 0. The number of piperazine rings is 1. The third-order valence-corrected chi connectivity index (χ3v) is 3.08. The quantitative estimate of drug-likeness (QED) is 0.812. The Morgan fingerprint density at radius 3 is 2.61 bits per heavy atom. The van der Waals surface area contributed by atoms with Crippen molar-refractivity contribution in [3.63, 3.8) is 0 Å². The van der Waals surface area contributed by atoms with Crippen molar-refractivity contribution in [2.24, 2.45) is 0 Å². The molecule has 0 aromatic carbocycles. The van der Waals surface area contributed by atoms with Gasteiger partial charge in [-0.3, -0.25) is 4.79 Å². The highest BCUT2D eigenvalue weighted by molar-refractivity contribution is 5.73. The number of hydrogen-bond donors (Lipinski definition) is 1. The minimum absolute atomic E-state index is 0.113. The molecule has 0 radical (unpaired) electrons. The molecule has 18 heavy (non-hydrogen) atoms. The molecular formula is C12H18N4O2. The predicted molar refractivity (Wildman–Crippen MR) is 67.1 cm³/mol. The average Bonchev–Trinajstić information content (AvgIpc) is 2.39. The summed E-state index contributed by atoms with van der Waals surface area (Å²) in [5.41, 5.74) is 0. The van der Waals surface area contributed by atoms with E-state index in [1.807, 2.05) is 11.0 Å². The zero-order valence-electron chi connectivity index (χ0n) is 10.7. The van der Waals surface area contributed by atoms with E-state index in [9.17, 15) is 9.90 Å². The van der Waals surface area contributed by atoms with Crippen LogP contribution in [-0.2, 0) is 4.79 Å². The van der Waals surface area contributed by atoms with Crippen LogP contribution in [0.4, 0.5) is 5.82 Å². The zero-order chi connectivity index (χ0) is 13.1. The molecule has 1 aromatic rings. The van der Waals surface area contributed by atoms with Crippen LogP contribution < -0.4 is 4.90 Å². The molecule has 1 atom stereocenters. The van der Waals surface area contributed by atoms with Gasteiger partial charge < -0.3 is 14.9 Å². The monoisotopic (exact) mass is 250 g/mol. The third-order valence-electron chi connectivity index (χ3n) is 3.08. The lowest BCUT2D eigenvalue weighted by molar-refractivity contribution is -0.129. The fraction of sp³-hybridized carbons (Fsp3) is 0.583. The number of aliphatic hydroxyl groups excluding tert-OH is 1. The fourth-order valence-electron chi connectivity index (χ4n) is 1.99. The topological polar surface area (TPSA) is 69.6 Å². The number of anilines is 1. The van der Waals surface area contributed by atoms with Crippen molar-refractivity contribution in [1.29, 1.82) is 0 Å². The maximum atomic E-state index is 11.2. The third kappa shape index (κ3) is 2.76. The molecule has 0 saturated carbocycles. The van der Waals surface area contributed by atoms with Crippen LogP contribution in [0.2, 0.25) is 0 Å². The maximum absolute atomic E-state index is 11.2. The lowest BCUT2D eigenvalue weighted by Gasteiger charge is -2.34. The van der Waals surface area contributed by atoms with E-state index in [0.717, 1.165) is 18.9 Å². The maximum Gasteiger partial charge on any atom is 0.219 e. The van der Waals surface area contributed by atoms with Crippen molar-refractivity contribution in [1.82, 2.24) is 14.9 Å². The molecule has 2 rings (SSSR count). The van der Waals surface area contributed by atoms with E-state index in [1.54, 1.807) is 20.0 Å². The van der Waals surface area contributed by atoms with E-state index in [1.165, 1.54) is 0 Å². The number of amides is 1. The Labute approximate surface area is 106 Å². The Morgan fingerprint density at radius 2 is 2.06 bits per heavy atom. The van der Waals surface area contributed by atoms with Crippen molar-refractivity contribution in [3.05, 3.63) is 18.1 Å². The van der Waals surface area contributed by atoms with E-state index in [-0.39, 0.29) is 5.91 Å². The molecule has 1 aliphatic heterocycles. The number of carbonyl (C=O) groups is 1. The molecule has 1 amide bonds. The van der Waals surface area contributed by atoms with Crippen LogP contribution in [-0.4, -0.2) is 52.1 Å². The Hall–Kier alpha value is -1.69. The van der Waals surface area contributed by atoms with Crippen LogP contribution >= 0.6 is 0 Å². The van der Waals surface area contributed by atoms with Crippen LogP contribution in [0.3, 0.4) is 0 Å². The molecule has 1 N–H and O–H groups in total. The van der Waals surface area contributed by atoms with E-state index in [2.05, 4.69) is 14.9 Å². The van der Waals surface area contributed by atoms with E-state index >= 15 is 0 Å². The van der Waals surface area contributed by atoms with Crippen molar-refractivity contribution in [2.45, 2.75) is 20.0 Å². The van der Waals surface area contributed by atoms with Crippen LogP contribution in [0.25, 0.3) is 0 Å². The Morgan fingerprint density at radius 1 is 1.39 bits per heavy atom. The van der Waals surface area contributed by atoms with Gasteiger partial charge in [0.15, 0.2) is 5.82 Å². The van der Waals surface area contributed by atoms with Crippen LogP contribution in [0.15, 0.2) is 12.3 Å². The van der Waals surface area contributed by atoms with Gasteiger partial charge in [-0.15, -0.1) is 0 Å². The molecule has 6 heteroatoms. The standard InChI is InChI=1S/C12H18N4O2/c1-9(17)12-13-4-3-11(14-12)16-7-5-15(6-8-16)10(2)18/h3-4,9,17H,5-8H2,1-2H3/t9-/m1/s1. The number of hydrogen-bond acceptors (Lipinski definition) is 5. The summed E-state index contributed by atoms with van der Waals surface area (Å²) in [7, 11) is 0. The van der Waals surface area contributed by atoms with Crippen LogP contribution in [0.5, 0.6) is 0 Å². The number of rotatable bonds is 2. The molecule has 98 valence electrons. The molecule has 1 saturated heterocycles. The summed E-state index contributed by atoms with van der Waals surface area (Å²) >= 11 is 0. The molecule has 0 spiro atoms. The van der Waals surface area contributed by atoms with Gasteiger partial charge in [-0.25, -0.2) is 9.97 Å². The first-order valence-corrected chi connectivity index (χ1v) is 6.09. The Kier molecular flexibility index (Phi) is 3.76. The van der Waals surface area contributed by atoms with Crippen LogP contribution in [0.1, 0.15) is 25.8 Å². The smallest absolute Gasteiger partial charge is 0.219 e. The number of carbonyl (C=O) groups excluding carboxylic acids is 1. The number of nitrogens with zero attached hydrogens (tertiary/aromatic N) is 4. The summed E-state index contributed by atoms with van der Waals surface area (Å²) in [6.07, 6.45) is 0.991. The van der Waals surface area contributed by atoms with Gasteiger partial charge in [-0.1, -0.05) is 0 Å². The van der Waals surface area contributed by atoms with E-state index < -0.39 is 6.10 Å². The second-order valence-corrected chi connectivity index (χ2v) is 4.44. The SMILES string of the molecule is CC(=O)N1CCN(c2ccnc([C@@H](C)O)n2)CC1. The average molecular weight is 250 g/mol. The first-order chi connectivity index (χ1) is 8.58. The largest absolute Gasteiger partial charge is 0.385 e. The molecule has 2 heterocycles. The first kappa shape index (κ1) is 12.8. The van der Waals surface area contributed by atoms with Crippen molar-refractivity contribution in [3.8, 4) is 0 Å². The van der Waals surface area contributed by atoms with Gasteiger partial charge in [-0.2, -0.15) is 0 Å². The minimum atomic E-state index is -0.663. The highest BCUT2D eigenvalue weighted by atomic mass is 16.3. The summed E-state index contributed by atoms with van der Waals surface area (Å²) in [6.45, 7) is 6.18. The van der Waals surface area contributed by atoms with Gasteiger partial charge in [0.05, 0.1) is 0 Å². The first-order valence-electron chi connectivity index (χ1n) is 6.09. The van der Waals surface area contributed by atoms with Crippen molar-refractivity contribution < 1.29 is 9.90 Å². The molecular weight excluding hydrogens is 232 g/mol. The summed E-state index contributed by atoms with van der Waals surface area (Å²) in [5, 5.41) is 9.46. The van der Waals surface area contributed by atoms with Crippen molar-refractivity contribution in [2.75, 3.05) is 31.1 Å². The molecule has 6 nitrogen and oxygen atoms in total. The molecule has 1 aliphatic rings. The molecule has 0 unspecified atom stereocenters. The lowest BCUT2D eigenvalue weighted by atomic mass is 10.3. The van der Waals surface area contributed by atoms with Crippen molar-refractivity contribution >= 4 is 11.7 Å². The summed E-state index contributed by atoms with van der Waals surface area (Å²) in [4.78, 5) is 23.5. The molecule has 0 aliphatic carbocycles. The highest BCUT2D eigenvalue weighted by Crippen LogP contribution is 2.15. The highest BCUT2D eigenvalue weighted by Gasteiger charge is 2.20.